The molecule has 0 aliphatic rings. The first-order chi connectivity index (χ1) is 2.81. The lowest BCUT2D eigenvalue weighted by Gasteiger charge is -1.91. The molecule has 4 heteroatoms. The monoisotopic (exact) mass is 78.1 g/mol. The number of hydrogen-bond donors (Lipinski definition) is 0. The van der Waals surface area contributed by atoms with Gasteiger partial charge in [-0.05, 0) is 0 Å². The van der Waals surface area contributed by atoms with Crippen LogP contribution in [0.5, 0.6) is 0 Å². The van der Waals surface area contributed by atoms with Crippen molar-refractivity contribution in [3.05, 3.63) is 0 Å². The molecule has 0 fully saturated rings. The van der Waals surface area contributed by atoms with E-state index in [4.69, 9.17) is 0 Å². The van der Waals surface area contributed by atoms with Crippen molar-refractivity contribution in [2.45, 2.75) is 13.2 Å². The highest BCUT2D eigenvalue weighted by atomic mass is 13.4. The molecule has 0 aliphatic heterocycles. The van der Waals surface area contributed by atoms with Crippen LogP contribution in [0.1, 0.15) is 6.92 Å². The van der Waals surface area contributed by atoms with E-state index in [9.17, 15) is 0 Å². The zero-order valence-electron chi connectivity index (χ0n) is 4.99. The molecule has 0 aromatic rings. The molecule has 6 heavy (non-hydrogen) atoms. The van der Waals surface area contributed by atoms with Crippen molar-refractivity contribution >= 4 is 29.0 Å². The summed E-state index contributed by atoms with van der Waals surface area (Å²) in [5.74, 6) is 0. The maximum absolute atomic E-state index is 2.28. The summed E-state index contributed by atoms with van der Waals surface area (Å²) in [6.07, 6.45) is 1.33. The molecule has 0 spiro atoms. The predicted octanol–water partition coefficient (Wildman–Crippen LogP) is -1.89. The van der Waals surface area contributed by atoms with Crippen LogP contribution in [-0.2, 0) is 0 Å². The molecular weight excluding hydrogens is 67.3 g/mol. The first-order valence-electron chi connectivity index (χ1n) is 2.81. The second-order valence-corrected chi connectivity index (χ2v) is 1.92. The molecule has 0 saturated carbocycles. The summed E-state index contributed by atoms with van der Waals surface area (Å²) >= 11 is 0. The highest BCUT2D eigenvalue weighted by Crippen LogP contribution is 1.76. The van der Waals surface area contributed by atoms with Gasteiger partial charge in [0.05, 0.1) is 22.0 Å². The Morgan fingerprint density at radius 2 is 2.33 bits per heavy atom. The maximum atomic E-state index is 2.28. The van der Waals surface area contributed by atoms with Crippen molar-refractivity contribution in [2.75, 3.05) is 0 Å². The Hall–Kier alpha value is 0.260. The Morgan fingerprint density at radius 3 is 2.33 bits per heavy atom. The van der Waals surface area contributed by atoms with Crippen molar-refractivity contribution in [2.24, 2.45) is 0 Å². The molecule has 0 rings (SSSR count). The molecule has 0 bridgehead atoms. The van der Waals surface area contributed by atoms with E-state index in [0.717, 1.165) is 6.49 Å². The van der Waals surface area contributed by atoms with E-state index in [2.05, 4.69) is 22.4 Å². The van der Waals surface area contributed by atoms with Gasteiger partial charge in [0, 0.05) is 7.06 Å². The summed E-state index contributed by atoms with van der Waals surface area (Å²) in [5, 5.41) is 0. The summed E-state index contributed by atoms with van der Waals surface area (Å²) in [6.45, 7) is 3.17. The fourth-order valence-corrected chi connectivity index (χ4v) is 0.289. The van der Waals surface area contributed by atoms with Crippen molar-refractivity contribution in [3.8, 4) is 0 Å². The Bertz CT molecular complexity index is 24.7. The van der Waals surface area contributed by atoms with Gasteiger partial charge in [-0.2, -0.15) is 0 Å². The van der Waals surface area contributed by atoms with Gasteiger partial charge >= 0.3 is 0 Å². The molecular formula is C2H10B4. The summed E-state index contributed by atoms with van der Waals surface area (Å²) in [7, 11) is 5.84. The van der Waals surface area contributed by atoms with E-state index in [1.54, 1.807) is 0 Å². The number of rotatable bonds is 2. The van der Waals surface area contributed by atoms with Crippen LogP contribution in [0.4, 0.5) is 0 Å². The second kappa shape index (κ2) is 3.45. The molecule has 0 N–H and O–H groups in total. The Morgan fingerprint density at radius 1 is 1.83 bits per heavy atom. The predicted molar refractivity (Wildman–Crippen MR) is 40.5 cm³/mol. The van der Waals surface area contributed by atoms with Crippen LogP contribution >= 0.6 is 0 Å². The minimum Gasteiger partial charge on any atom is -0.0919 e. The van der Waals surface area contributed by atoms with Crippen LogP contribution in [0.2, 0.25) is 6.32 Å². The topological polar surface area (TPSA) is 0 Å². The van der Waals surface area contributed by atoms with Crippen LogP contribution in [0.15, 0.2) is 0 Å². The van der Waals surface area contributed by atoms with Gasteiger partial charge < -0.3 is 0 Å². The first kappa shape index (κ1) is 6.26. The average Bonchev–Trinajstić information content (AvgIpc) is 1.65. The highest BCUT2D eigenvalue weighted by molar-refractivity contribution is 7.46. The quantitative estimate of drug-likeness (QED) is 0.338. The third-order valence-electron chi connectivity index (χ3n) is 1.39. The number of hydrogen-bond acceptors (Lipinski definition) is 0. The van der Waals surface area contributed by atoms with E-state index in [1.165, 1.54) is 13.4 Å². The minimum absolute atomic E-state index is 0.935. The fourth-order valence-electron chi connectivity index (χ4n) is 0.289. The summed E-state index contributed by atoms with van der Waals surface area (Å²) in [5.41, 5.74) is 0. The SMILES string of the molecule is BBB(B)CC. The lowest BCUT2D eigenvalue weighted by molar-refractivity contribution is 1.47. The maximum Gasteiger partial charge on any atom is 0.0640 e. The van der Waals surface area contributed by atoms with Crippen molar-refractivity contribution in [1.29, 1.82) is 0 Å². The molecule has 0 aromatic heterocycles. The summed E-state index contributed by atoms with van der Waals surface area (Å²) < 4.78 is 0. The van der Waals surface area contributed by atoms with Crippen molar-refractivity contribution < 1.29 is 0 Å². The van der Waals surface area contributed by atoms with Gasteiger partial charge in [0.1, 0.15) is 0 Å². The molecule has 0 unspecified atom stereocenters. The summed E-state index contributed by atoms with van der Waals surface area (Å²) in [4.78, 5) is 0. The van der Waals surface area contributed by atoms with Crippen molar-refractivity contribution in [1.82, 2.24) is 0 Å². The molecule has 0 aliphatic carbocycles. The van der Waals surface area contributed by atoms with Gasteiger partial charge in [0.15, 0.2) is 0 Å². The summed E-state index contributed by atoms with van der Waals surface area (Å²) in [6, 6.07) is 0. The zero-order chi connectivity index (χ0) is 4.99. The normalized spacial score (nSPS) is 7.50. The van der Waals surface area contributed by atoms with Gasteiger partial charge in [-0.25, -0.2) is 0 Å². The molecule has 0 atom stereocenters. The smallest absolute Gasteiger partial charge is 0.0640 e. The molecule has 0 heterocycles. The Labute approximate surface area is 43.2 Å². The molecule has 0 aromatic carbocycles. The van der Waals surface area contributed by atoms with E-state index >= 15 is 0 Å². The van der Waals surface area contributed by atoms with E-state index in [-0.39, 0.29) is 0 Å². The minimum atomic E-state index is 0.935. The van der Waals surface area contributed by atoms with E-state index in [1.807, 2.05) is 0 Å². The standard InChI is InChI=1S/C2H10B4/c1-2-6(4)5-3/h5H,2-4H2,1H3. The van der Waals surface area contributed by atoms with Gasteiger partial charge in [0.25, 0.3) is 0 Å². The van der Waals surface area contributed by atoms with Gasteiger partial charge in [-0.1, -0.05) is 13.2 Å². The highest BCUT2D eigenvalue weighted by Gasteiger charge is 1.96. The van der Waals surface area contributed by atoms with Crippen molar-refractivity contribution in [3.63, 3.8) is 0 Å². The lowest BCUT2D eigenvalue weighted by atomic mass is 9.04. The molecule has 0 saturated heterocycles. The molecule has 30 valence electrons. The van der Waals surface area contributed by atoms with Crippen LogP contribution in [0.25, 0.3) is 0 Å². The third-order valence-corrected chi connectivity index (χ3v) is 1.39. The average molecular weight is 77.3 g/mol. The van der Waals surface area contributed by atoms with Crippen LogP contribution in [0.3, 0.4) is 0 Å². The Balaban J connectivity index is 2.75. The van der Waals surface area contributed by atoms with Gasteiger partial charge in [-0.3, -0.25) is 0 Å². The largest absolute Gasteiger partial charge is 0.0919 e. The molecule has 0 amide bonds. The fraction of sp³-hybridized carbons (Fsp3) is 1.00. The van der Waals surface area contributed by atoms with Gasteiger partial charge in [0.2, 0.25) is 0 Å². The van der Waals surface area contributed by atoms with Gasteiger partial charge in [-0.15, -0.1) is 0 Å². The molecule has 0 nitrogen and oxygen atoms in total. The zero-order valence-corrected chi connectivity index (χ0v) is 4.99. The first-order valence-corrected chi connectivity index (χ1v) is 2.81. The van der Waals surface area contributed by atoms with Crippen LogP contribution in [0, 0.1) is 0 Å². The molecule has 0 radical (unpaired) electrons. The lowest BCUT2D eigenvalue weighted by Crippen LogP contribution is -2.21. The second-order valence-electron chi connectivity index (χ2n) is 1.92. The van der Waals surface area contributed by atoms with E-state index in [0.29, 0.717) is 0 Å². The Kier molecular flexibility index (Phi) is 3.60. The van der Waals surface area contributed by atoms with E-state index < -0.39 is 0 Å². The van der Waals surface area contributed by atoms with Crippen LogP contribution in [-0.4, -0.2) is 29.0 Å². The van der Waals surface area contributed by atoms with Crippen LogP contribution < -0.4 is 0 Å². The third kappa shape index (κ3) is 2.49.